The molecule has 0 radical (unpaired) electrons. The molecule has 3 rings (SSSR count). The van der Waals surface area contributed by atoms with Gasteiger partial charge in [-0.15, -0.1) is 0 Å². The van der Waals surface area contributed by atoms with E-state index in [1.807, 2.05) is 0 Å². The first kappa shape index (κ1) is 9.56. The summed E-state index contributed by atoms with van der Waals surface area (Å²) in [6.07, 6.45) is 3.39. The van der Waals surface area contributed by atoms with E-state index in [1.165, 1.54) is 0 Å². The van der Waals surface area contributed by atoms with Crippen molar-refractivity contribution in [2.45, 2.75) is 18.6 Å². The second-order valence-corrected chi connectivity index (χ2v) is 3.82. The van der Waals surface area contributed by atoms with Crippen LogP contribution in [0.3, 0.4) is 0 Å². The largest absolute Gasteiger partial charge is 0.472 e. The van der Waals surface area contributed by atoms with Crippen LogP contribution < -0.4 is 5.32 Å². The lowest BCUT2D eigenvalue weighted by Gasteiger charge is -2.01. The Morgan fingerprint density at radius 2 is 2.44 bits per heavy atom. The van der Waals surface area contributed by atoms with Crippen LogP contribution in [0, 0.1) is 0 Å². The number of nitrogens with one attached hydrogen (secondary N) is 1. The van der Waals surface area contributed by atoms with E-state index in [0.29, 0.717) is 24.7 Å². The molecule has 2 atom stereocenters. The standard InChI is InChI=1S/C10H11N3O3/c14-7-3-8(11-4-7)10-12-9(13-16-10)6-1-2-15-5-6/h1-2,5,7-8,11,14H,3-4H2/t7-,8+/m1/s1. The van der Waals surface area contributed by atoms with Crippen LogP contribution in [0.2, 0.25) is 0 Å². The molecule has 6 nitrogen and oxygen atoms in total. The number of hydrogen-bond donors (Lipinski definition) is 2. The summed E-state index contributed by atoms with van der Waals surface area (Å²) in [5, 5.41) is 16.4. The number of furan rings is 1. The summed E-state index contributed by atoms with van der Waals surface area (Å²) in [5.74, 6) is 1.01. The maximum atomic E-state index is 9.38. The molecule has 0 spiro atoms. The number of aliphatic hydroxyl groups excluding tert-OH is 1. The van der Waals surface area contributed by atoms with E-state index in [4.69, 9.17) is 8.94 Å². The maximum Gasteiger partial charge on any atom is 0.244 e. The van der Waals surface area contributed by atoms with Crippen molar-refractivity contribution >= 4 is 0 Å². The molecule has 1 aliphatic heterocycles. The third-order valence-corrected chi connectivity index (χ3v) is 2.63. The Balaban J connectivity index is 1.83. The van der Waals surface area contributed by atoms with Gasteiger partial charge in [0.15, 0.2) is 0 Å². The van der Waals surface area contributed by atoms with Crippen molar-refractivity contribution in [3.63, 3.8) is 0 Å². The summed E-state index contributed by atoms with van der Waals surface area (Å²) in [6.45, 7) is 0.564. The van der Waals surface area contributed by atoms with Crippen LogP contribution in [0.1, 0.15) is 18.4 Å². The van der Waals surface area contributed by atoms with Gasteiger partial charge in [0.2, 0.25) is 11.7 Å². The molecule has 0 saturated carbocycles. The summed E-state index contributed by atoms with van der Waals surface area (Å²) in [6, 6.07) is 1.72. The molecule has 0 unspecified atom stereocenters. The molecule has 0 aromatic carbocycles. The molecule has 1 fully saturated rings. The molecular weight excluding hydrogens is 210 g/mol. The van der Waals surface area contributed by atoms with Gasteiger partial charge < -0.3 is 19.4 Å². The predicted molar refractivity (Wildman–Crippen MR) is 53.4 cm³/mol. The van der Waals surface area contributed by atoms with Gasteiger partial charge in [-0.25, -0.2) is 0 Å². The van der Waals surface area contributed by atoms with E-state index in [9.17, 15) is 5.11 Å². The highest BCUT2D eigenvalue weighted by Crippen LogP contribution is 2.24. The molecule has 3 heterocycles. The number of nitrogens with zero attached hydrogens (tertiary/aromatic N) is 2. The van der Waals surface area contributed by atoms with E-state index >= 15 is 0 Å². The van der Waals surface area contributed by atoms with Crippen molar-refractivity contribution < 1.29 is 14.0 Å². The van der Waals surface area contributed by atoms with E-state index in [1.54, 1.807) is 18.6 Å². The molecule has 16 heavy (non-hydrogen) atoms. The third-order valence-electron chi connectivity index (χ3n) is 2.63. The first-order valence-electron chi connectivity index (χ1n) is 5.10. The second-order valence-electron chi connectivity index (χ2n) is 3.82. The van der Waals surface area contributed by atoms with Gasteiger partial charge >= 0.3 is 0 Å². The zero-order chi connectivity index (χ0) is 11.0. The molecule has 0 aliphatic carbocycles. The number of aliphatic hydroxyl groups is 1. The van der Waals surface area contributed by atoms with Crippen LogP contribution >= 0.6 is 0 Å². The normalized spacial score (nSPS) is 25.1. The Kier molecular flexibility index (Phi) is 2.23. The summed E-state index contributed by atoms with van der Waals surface area (Å²) in [7, 11) is 0. The minimum absolute atomic E-state index is 0.0526. The third kappa shape index (κ3) is 1.62. The van der Waals surface area contributed by atoms with Gasteiger partial charge in [0.25, 0.3) is 0 Å². The molecule has 2 N–H and O–H groups in total. The average Bonchev–Trinajstić information content (AvgIpc) is 2.97. The van der Waals surface area contributed by atoms with Gasteiger partial charge in [-0.05, 0) is 12.5 Å². The van der Waals surface area contributed by atoms with Gasteiger partial charge in [-0.3, -0.25) is 0 Å². The highest BCUT2D eigenvalue weighted by molar-refractivity contribution is 5.51. The molecule has 0 amide bonds. The first-order valence-corrected chi connectivity index (χ1v) is 5.10. The van der Waals surface area contributed by atoms with Gasteiger partial charge in [0, 0.05) is 6.54 Å². The molecule has 1 aliphatic rings. The Hall–Kier alpha value is -1.66. The predicted octanol–water partition coefficient (Wildman–Crippen LogP) is 0.725. The second kappa shape index (κ2) is 3.73. The van der Waals surface area contributed by atoms with Crippen LogP contribution in [-0.4, -0.2) is 27.9 Å². The lowest BCUT2D eigenvalue weighted by atomic mass is 10.2. The molecular formula is C10H11N3O3. The molecule has 2 aromatic rings. The highest BCUT2D eigenvalue weighted by atomic mass is 16.5. The fourth-order valence-corrected chi connectivity index (χ4v) is 1.79. The fraction of sp³-hybridized carbons (Fsp3) is 0.400. The quantitative estimate of drug-likeness (QED) is 0.777. The number of hydrogen-bond acceptors (Lipinski definition) is 6. The zero-order valence-electron chi connectivity index (χ0n) is 8.46. The smallest absolute Gasteiger partial charge is 0.244 e. The Labute approximate surface area is 91.3 Å². The van der Waals surface area contributed by atoms with Gasteiger partial charge in [0.05, 0.1) is 24.0 Å². The van der Waals surface area contributed by atoms with Crippen LogP contribution in [-0.2, 0) is 0 Å². The van der Waals surface area contributed by atoms with E-state index in [-0.39, 0.29) is 12.1 Å². The number of rotatable bonds is 2. The Morgan fingerprint density at radius 1 is 1.50 bits per heavy atom. The van der Waals surface area contributed by atoms with Crippen molar-refractivity contribution in [1.29, 1.82) is 0 Å². The van der Waals surface area contributed by atoms with Crippen LogP contribution in [0.15, 0.2) is 27.5 Å². The van der Waals surface area contributed by atoms with Gasteiger partial charge in [0.1, 0.15) is 6.26 Å². The summed E-state index contributed by atoms with van der Waals surface area (Å²) < 4.78 is 10.1. The van der Waals surface area contributed by atoms with Crippen molar-refractivity contribution in [3.8, 4) is 11.4 Å². The van der Waals surface area contributed by atoms with E-state index in [0.717, 1.165) is 5.56 Å². The minimum Gasteiger partial charge on any atom is -0.472 e. The summed E-state index contributed by atoms with van der Waals surface area (Å²) in [5.41, 5.74) is 0.786. The number of β-amino-alcohol motifs (C(OH)–C–C–N with tert-alkyl or cyclic N) is 1. The van der Waals surface area contributed by atoms with Crippen LogP contribution in [0.25, 0.3) is 11.4 Å². The lowest BCUT2D eigenvalue weighted by Crippen LogP contribution is -2.15. The Morgan fingerprint density at radius 3 is 3.12 bits per heavy atom. The molecule has 84 valence electrons. The lowest BCUT2D eigenvalue weighted by molar-refractivity contribution is 0.191. The summed E-state index contributed by atoms with van der Waals surface area (Å²) in [4.78, 5) is 4.26. The molecule has 1 saturated heterocycles. The van der Waals surface area contributed by atoms with Crippen molar-refractivity contribution in [2.75, 3.05) is 6.54 Å². The minimum atomic E-state index is -0.339. The van der Waals surface area contributed by atoms with E-state index in [2.05, 4.69) is 15.5 Å². The maximum absolute atomic E-state index is 9.38. The molecule has 2 aromatic heterocycles. The number of aromatic nitrogens is 2. The van der Waals surface area contributed by atoms with Crippen LogP contribution in [0.4, 0.5) is 0 Å². The highest BCUT2D eigenvalue weighted by Gasteiger charge is 2.28. The average molecular weight is 221 g/mol. The monoisotopic (exact) mass is 221 g/mol. The van der Waals surface area contributed by atoms with Gasteiger partial charge in [-0.1, -0.05) is 5.16 Å². The topological polar surface area (TPSA) is 84.3 Å². The zero-order valence-corrected chi connectivity index (χ0v) is 8.46. The first-order chi connectivity index (χ1) is 7.83. The van der Waals surface area contributed by atoms with Crippen molar-refractivity contribution in [3.05, 3.63) is 24.5 Å². The fourth-order valence-electron chi connectivity index (χ4n) is 1.79. The molecule has 0 bridgehead atoms. The molecule has 6 heteroatoms. The van der Waals surface area contributed by atoms with Gasteiger partial charge in [-0.2, -0.15) is 4.98 Å². The van der Waals surface area contributed by atoms with Crippen molar-refractivity contribution in [1.82, 2.24) is 15.5 Å². The Bertz CT molecular complexity index is 465. The van der Waals surface area contributed by atoms with E-state index < -0.39 is 0 Å². The van der Waals surface area contributed by atoms with Crippen LogP contribution in [0.5, 0.6) is 0 Å². The summed E-state index contributed by atoms with van der Waals surface area (Å²) >= 11 is 0. The SMILES string of the molecule is O[C@H]1CN[C@H](c2nc(-c3ccoc3)no2)C1. The van der Waals surface area contributed by atoms with Crippen molar-refractivity contribution in [2.24, 2.45) is 0 Å².